The van der Waals surface area contributed by atoms with Gasteiger partial charge in [0.15, 0.2) is 23.0 Å². The van der Waals surface area contributed by atoms with Gasteiger partial charge in [0.1, 0.15) is 5.58 Å². The Labute approximate surface area is 202 Å². The van der Waals surface area contributed by atoms with Gasteiger partial charge in [-0.15, -0.1) is 0 Å². The predicted octanol–water partition coefficient (Wildman–Crippen LogP) is 6.18. The minimum Gasteiger partial charge on any atom is -0.493 e. The van der Waals surface area contributed by atoms with Crippen molar-refractivity contribution in [3.05, 3.63) is 46.8 Å². The van der Waals surface area contributed by atoms with E-state index in [1.165, 1.54) is 0 Å². The summed E-state index contributed by atoms with van der Waals surface area (Å²) in [4.78, 5) is 13.2. The van der Waals surface area contributed by atoms with Gasteiger partial charge in [-0.2, -0.15) is 0 Å². The number of aryl methyl sites for hydroxylation is 1. The molecule has 0 fully saturated rings. The molecule has 0 bridgehead atoms. The van der Waals surface area contributed by atoms with Gasteiger partial charge < -0.3 is 27.9 Å². The largest absolute Gasteiger partial charge is 0.493 e. The summed E-state index contributed by atoms with van der Waals surface area (Å²) < 4.78 is 30.9. The van der Waals surface area contributed by atoms with Crippen LogP contribution in [0.5, 0.6) is 23.0 Å². The fraction of sp³-hybridized carbons (Fsp3) is 0.321. The molecule has 0 saturated heterocycles. The quantitative estimate of drug-likeness (QED) is 0.273. The van der Waals surface area contributed by atoms with Crippen molar-refractivity contribution in [1.82, 2.24) is 4.57 Å². The van der Waals surface area contributed by atoms with E-state index < -0.39 is 5.63 Å². The summed E-state index contributed by atoms with van der Waals surface area (Å²) in [7, 11) is 5.18. The molecule has 0 saturated carbocycles. The summed E-state index contributed by atoms with van der Waals surface area (Å²) in [6.07, 6.45) is -0.0430. The van der Waals surface area contributed by atoms with Gasteiger partial charge >= 0.3 is 5.63 Å². The molecule has 0 radical (unpaired) electrons. The highest BCUT2D eigenvalue weighted by molar-refractivity contribution is 6.22. The Bertz CT molecular complexity index is 1660. The smallest absolute Gasteiger partial charge is 0.346 e. The lowest BCUT2D eigenvalue weighted by Crippen LogP contribution is -2.07. The van der Waals surface area contributed by atoms with E-state index in [0.29, 0.717) is 34.0 Å². The van der Waals surface area contributed by atoms with E-state index in [9.17, 15) is 4.79 Å². The van der Waals surface area contributed by atoms with Gasteiger partial charge in [0.05, 0.1) is 42.8 Å². The Morgan fingerprint density at radius 1 is 0.743 bits per heavy atom. The van der Waals surface area contributed by atoms with Crippen molar-refractivity contribution < 1.29 is 23.4 Å². The van der Waals surface area contributed by atoms with E-state index in [-0.39, 0.29) is 12.2 Å². The van der Waals surface area contributed by atoms with Crippen LogP contribution in [0, 0.1) is 0 Å². The molecule has 5 rings (SSSR count). The van der Waals surface area contributed by atoms with Gasteiger partial charge in [-0.3, -0.25) is 0 Å². The third-order valence-corrected chi connectivity index (χ3v) is 6.11. The monoisotopic (exact) mass is 475 g/mol. The van der Waals surface area contributed by atoms with Crippen molar-refractivity contribution in [2.45, 2.75) is 39.9 Å². The Morgan fingerprint density at radius 2 is 1.34 bits per heavy atom. The van der Waals surface area contributed by atoms with Crippen LogP contribution < -0.4 is 24.6 Å². The van der Waals surface area contributed by atoms with Gasteiger partial charge in [0.2, 0.25) is 0 Å². The second kappa shape index (κ2) is 8.41. The van der Waals surface area contributed by atoms with E-state index in [2.05, 4.69) is 0 Å². The highest BCUT2D eigenvalue weighted by Gasteiger charge is 2.21. The number of rotatable bonds is 6. The fourth-order valence-corrected chi connectivity index (χ4v) is 4.78. The molecule has 0 aliphatic rings. The Morgan fingerprint density at radius 3 is 1.94 bits per heavy atom. The number of hydrogen-bond donors (Lipinski definition) is 0. The molecule has 3 aromatic carbocycles. The summed E-state index contributed by atoms with van der Waals surface area (Å²) >= 11 is 0. The van der Waals surface area contributed by atoms with Crippen LogP contribution >= 0.6 is 0 Å². The maximum Gasteiger partial charge on any atom is 0.346 e. The lowest BCUT2D eigenvalue weighted by Gasteiger charge is -2.15. The number of aromatic nitrogens is 1. The van der Waals surface area contributed by atoms with E-state index in [0.717, 1.165) is 32.6 Å². The Hall–Kier alpha value is -3.87. The highest BCUT2D eigenvalue weighted by Crippen LogP contribution is 2.41. The molecule has 0 atom stereocenters. The summed E-state index contributed by atoms with van der Waals surface area (Å²) in [6.45, 7) is 7.83. The van der Waals surface area contributed by atoms with Gasteiger partial charge in [-0.1, -0.05) is 12.1 Å². The molecule has 35 heavy (non-hydrogen) atoms. The molecule has 0 unspecified atom stereocenters. The number of fused-ring (bicyclic) bond motifs is 7. The fourth-order valence-electron chi connectivity index (χ4n) is 4.78. The number of nitrogens with zero attached hydrogens (tertiary/aromatic N) is 1. The first-order valence-electron chi connectivity index (χ1n) is 11.6. The van der Waals surface area contributed by atoms with Crippen LogP contribution in [0.3, 0.4) is 0 Å². The SMILES string of the molecule is COc1cc2c(ccc3c4c(=O)oc5cc(OC(C)C)c(OC)cc5c4n(C)c23)cc1OC(C)C. The Balaban J connectivity index is 1.89. The highest BCUT2D eigenvalue weighted by atomic mass is 16.5. The van der Waals surface area contributed by atoms with Crippen molar-refractivity contribution in [2.24, 2.45) is 7.05 Å². The third-order valence-electron chi connectivity index (χ3n) is 6.11. The van der Waals surface area contributed by atoms with Gasteiger partial charge in [-0.25, -0.2) is 4.79 Å². The van der Waals surface area contributed by atoms with Crippen molar-refractivity contribution >= 4 is 43.5 Å². The van der Waals surface area contributed by atoms with Crippen LogP contribution in [0.25, 0.3) is 43.5 Å². The van der Waals surface area contributed by atoms with Crippen LogP contribution in [0.15, 0.2) is 45.6 Å². The van der Waals surface area contributed by atoms with Gasteiger partial charge in [-0.05, 0) is 51.3 Å². The molecule has 0 aliphatic heterocycles. The number of methoxy groups -OCH3 is 2. The number of ether oxygens (including phenoxy) is 4. The average Bonchev–Trinajstić information content (AvgIpc) is 3.11. The van der Waals surface area contributed by atoms with Crippen LogP contribution in [0.4, 0.5) is 0 Å². The summed E-state index contributed by atoms with van der Waals surface area (Å²) in [5.74, 6) is 2.43. The lowest BCUT2D eigenvalue weighted by atomic mass is 10.0. The van der Waals surface area contributed by atoms with Crippen molar-refractivity contribution in [1.29, 1.82) is 0 Å². The molecule has 182 valence electrons. The molecular weight excluding hydrogens is 446 g/mol. The number of hydrogen-bond acceptors (Lipinski definition) is 6. The first-order chi connectivity index (χ1) is 16.7. The second-order valence-electron chi connectivity index (χ2n) is 9.19. The zero-order valence-electron chi connectivity index (χ0n) is 21.0. The van der Waals surface area contributed by atoms with Gasteiger partial charge in [0, 0.05) is 29.3 Å². The maximum absolute atomic E-state index is 13.2. The molecule has 7 heteroatoms. The minimum atomic E-state index is -0.398. The van der Waals surface area contributed by atoms with Crippen molar-refractivity contribution in [2.75, 3.05) is 14.2 Å². The van der Waals surface area contributed by atoms with E-state index in [1.54, 1.807) is 20.3 Å². The van der Waals surface area contributed by atoms with E-state index in [1.807, 2.05) is 69.6 Å². The second-order valence-corrected chi connectivity index (χ2v) is 9.19. The summed E-state index contributed by atoms with van der Waals surface area (Å²) in [6, 6.07) is 11.5. The summed E-state index contributed by atoms with van der Waals surface area (Å²) in [5.41, 5.74) is 1.73. The maximum atomic E-state index is 13.2. The summed E-state index contributed by atoms with van der Waals surface area (Å²) in [5, 5.41) is 4.04. The third kappa shape index (κ3) is 3.62. The van der Waals surface area contributed by atoms with Crippen LogP contribution in [-0.2, 0) is 7.05 Å². The normalized spacial score (nSPS) is 11.9. The van der Waals surface area contributed by atoms with E-state index >= 15 is 0 Å². The topological polar surface area (TPSA) is 72.1 Å². The van der Waals surface area contributed by atoms with Crippen LogP contribution in [0.1, 0.15) is 27.7 Å². The first kappa shape index (κ1) is 22.9. The molecule has 0 aliphatic carbocycles. The molecule has 5 aromatic rings. The standard InChI is InChI=1S/C28H29NO6/c1-14(2)33-23-10-16-8-9-17-25-27(29(5)26(17)18(16)11-21(23)31-6)19-12-22(32-7)24(34-15(3)4)13-20(19)35-28(25)30/h8-15H,1-7H3. The van der Waals surface area contributed by atoms with Gasteiger partial charge in [0.25, 0.3) is 0 Å². The van der Waals surface area contributed by atoms with Crippen LogP contribution in [-0.4, -0.2) is 31.0 Å². The van der Waals surface area contributed by atoms with Crippen molar-refractivity contribution in [3.8, 4) is 23.0 Å². The first-order valence-corrected chi connectivity index (χ1v) is 11.6. The average molecular weight is 476 g/mol. The molecule has 0 N–H and O–H groups in total. The van der Waals surface area contributed by atoms with Crippen molar-refractivity contribution in [3.63, 3.8) is 0 Å². The molecule has 2 heterocycles. The van der Waals surface area contributed by atoms with Crippen LogP contribution in [0.2, 0.25) is 0 Å². The molecular formula is C28H29NO6. The zero-order valence-corrected chi connectivity index (χ0v) is 21.0. The molecule has 0 spiro atoms. The predicted molar refractivity (Wildman–Crippen MR) is 139 cm³/mol. The van der Waals surface area contributed by atoms with E-state index in [4.69, 9.17) is 23.4 Å². The molecule has 7 nitrogen and oxygen atoms in total. The number of benzene rings is 3. The lowest BCUT2D eigenvalue weighted by molar-refractivity contribution is 0.230. The Kier molecular flexibility index (Phi) is 5.50. The minimum absolute atomic E-state index is 0.0123. The molecule has 0 amide bonds. The zero-order chi connectivity index (χ0) is 25.0. The molecule has 2 aromatic heterocycles.